The summed E-state index contributed by atoms with van der Waals surface area (Å²) in [6.07, 6.45) is 0. The number of nitrogens with one attached hydrogen (secondary N) is 2. The first-order valence-corrected chi connectivity index (χ1v) is 10.7. The van der Waals surface area contributed by atoms with Crippen LogP contribution in [-0.4, -0.2) is 63.3 Å². The highest BCUT2D eigenvalue weighted by Crippen LogP contribution is 2.18. The van der Waals surface area contributed by atoms with Gasteiger partial charge in [0.25, 0.3) is 5.91 Å². The number of thioether (sulfide) groups is 1. The number of aromatic nitrogens is 4. The van der Waals surface area contributed by atoms with E-state index in [9.17, 15) is 9.59 Å². The van der Waals surface area contributed by atoms with Gasteiger partial charge in [0, 0.05) is 17.9 Å². The predicted octanol–water partition coefficient (Wildman–Crippen LogP) is 2.28. The van der Waals surface area contributed by atoms with Gasteiger partial charge in [-0.15, -0.1) is 16.4 Å². The molecule has 0 fully saturated rings. The van der Waals surface area contributed by atoms with Crippen molar-refractivity contribution in [2.45, 2.75) is 11.7 Å². The van der Waals surface area contributed by atoms with Crippen molar-refractivity contribution in [1.29, 1.82) is 0 Å². The summed E-state index contributed by atoms with van der Waals surface area (Å²) < 4.78 is 1.68. The first-order chi connectivity index (χ1) is 14.0. The van der Waals surface area contributed by atoms with E-state index >= 15 is 0 Å². The number of hydrogen-bond acceptors (Lipinski definition) is 8. The molecule has 0 spiro atoms. The molecule has 9 nitrogen and oxygen atoms in total. The molecule has 3 rings (SSSR count). The summed E-state index contributed by atoms with van der Waals surface area (Å²) in [6.45, 7) is 1.46. The fraction of sp³-hybridized carbons (Fsp3) is 0.278. The van der Waals surface area contributed by atoms with Crippen LogP contribution in [-0.2, 0) is 11.3 Å². The Morgan fingerprint density at radius 2 is 1.86 bits per heavy atom. The molecule has 29 heavy (non-hydrogen) atoms. The molecular weight excluding hydrogens is 410 g/mol. The van der Waals surface area contributed by atoms with Crippen LogP contribution in [0.5, 0.6) is 0 Å². The zero-order valence-corrected chi connectivity index (χ0v) is 17.7. The molecule has 0 bridgehead atoms. The van der Waals surface area contributed by atoms with E-state index in [1.54, 1.807) is 35.0 Å². The number of rotatable bonds is 9. The number of amides is 2. The van der Waals surface area contributed by atoms with Gasteiger partial charge < -0.3 is 15.5 Å². The average molecular weight is 432 g/mol. The molecule has 2 amide bonds. The Morgan fingerprint density at radius 3 is 2.52 bits per heavy atom. The van der Waals surface area contributed by atoms with Crippen LogP contribution in [0, 0.1) is 0 Å². The van der Waals surface area contributed by atoms with E-state index in [4.69, 9.17) is 0 Å². The summed E-state index contributed by atoms with van der Waals surface area (Å²) >= 11 is 2.67. The van der Waals surface area contributed by atoms with Crippen molar-refractivity contribution in [3.63, 3.8) is 0 Å². The number of anilines is 2. The first kappa shape index (κ1) is 21.0. The lowest BCUT2D eigenvalue weighted by molar-refractivity contribution is -0.113. The highest BCUT2D eigenvalue weighted by Gasteiger charge is 2.11. The Balaban J connectivity index is 1.47. The van der Waals surface area contributed by atoms with Crippen LogP contribution in [0.3, 0.4) is 0 Å². The number of carbonyl (C=O) groups excluding carboxylic acids is 2. The van der Waals surface area contributed by atoms with Gasteiger partial charge in [-0.05, 0) is 60.2 Å². The van der Waals surface area contributed by atoms with Crippen LogP contribution < -0.4 is 10.6 Å². The zero-order valence-electron chi connectivity index (χ0n) is 16.0. The number of tetrazole rings is 1. The third kappa shape index (κ3) is 6.38. The Labute approximate surface area is 176 Å². The van der Waals surface area contributed by atoms with Crippen LogP contribution >= 0.6 is 23.1 Å². The van der Waals surface area contributed by atoms with Gasteiger partial charge in [0.1, 0.15) is 0 Å². The van der Waals surface area contributed by atoms with E-state index in [1.807, 2.05) is 30.4 Å². The molecule has 0 atom stereocenters. The minimum absolute atomic E-state index is 0.153. The molecule has 0 saturated heterocycles. The molecule has 3 aromatic rings. The van der Waals surface area contributed by atoms with Gasteiger partial charge in [0.15, 0.2) is 0 Å². The van der Waals surface area contributed by atoms with Gasteiger partial charge in [-0.3, -0.25) is 9.59 Å². The lowest BCUT2D eigenvalue weighted by Crippen LogP contribution is -2.20. The maximum absolute atomic E-state index is 12.2. The van der Waals surface area contributed by atoms with Crippen molar-refractivity contribution in [2.24, 2.45) is 0 Å². The Kier molecular flexibility index (Phi) is 7.33. The van der Waals surface area contributed by atoms with Gasteiger partial charge in [-0.1, -0.05) is 17.8 Å². The lowest BCUT2D eigenvalue weighted by Gasteiger charge is -2.10. The Bertz CT molecular complexity index is 940. The second kappa shape index (κ2) is 10.1. The molecule has 0 saturated carbocycles. The van der Waals surface area contributed by atoms with E-state index in [2.05, 4.69) is 26.2 Å². The topological polar surface area (TPSA) is 105 Å². The molecule has 0 aliphatic heterocycles. The smallest absolute Gasteiger partial charge is 0.265 e. The molecule has 2 heterocycles. The number of thiophene rings is 1. The van der Waals surface area contributed by atoms with Crippen molar-refractivity contribution in [2.75, 3.05) is 37.0 Å². The van der Waals surface area contributed by atoms with Crippen LogP contribution in [0.15, 0.2) is 46.9 Å². The lowest BCUT2D eigenvalue weighted by atomic mass is 10.2. The molecule has 11 heteroatoms. The van der Waals surface area contributed by atoms with Crippen molar-refractivity contribution < 1.29 is 9.59 Å². The Morgan fingerprint density at radius 1 is 1.14 bits per heavy atom. The summed E-state index contributed by atoms with van der Waals surface area (Å²) in [4.78, 5) is 27.0. The quantitative estimate of drug-likeness (QED) is 0.501. The van der Waals surface area contributed by atoms with Gasteiger partial charge in [-0.25, -0.2) is 4.68 Å². The SMILES string of the molecule is CN(C)CCn1nnnc1SCC(=O)Nc1ccc(NC(=O)c2cccs2)cc1. The molecular formula is C18H21N7O2S2. The maximum atomic E-state index is 12.2. The second-order valence-corrected chi connectivity index (χ2v) is 8.22. The van der Waals surface area contributed by atoms with Gasteiger partial charge >= 0.3 is 0 Å². The van der Waals surface area contributed by atoms with Gasteiger partial charge in [-0.2, -0.15) is 0 Å². The molecule has 2 N–H and O–H groups in total. The summed E-state index contributed by atoms with van der Waals surface area (Å²) in [5.41, 5.74) is 1.31. The largest absolute Gasteiger partial charge is 0.325 e. The summed E-state index contributed by atoms with van der Waals surface area (Å²) in [7, 11) is 3.95. The predicted molar refractivity (Wildman–Crippen MR) is 114 cm³/mol. The minimum Gasteiger partial charge on any atom is -0.325 e. The molecule has 2 aromatic heterocycles. The fourth-order valence-corrected chi connectivity index (χ4v) is 3.62. The van der Waals surface area contributed by atoms with Crippen LogP contribution in [0.25, 0.3) is 0 Å². The van der Waals surface area contributed by atoms with E-state index < -0.39 is 0 Å². The third-order valence-electron chi connectivity index (χ3n) is 3.76. The van der Waals surface area contributed by atoms with Crippen molar-refractivity contribution >= 4 is 46.3 Å². The average Bonchev–Trinajstić information content (AvgIpc) is 3.38. The molecule has 0 radical (unpaired) electrons. The molecule has 1 aromatic carbocycles. The fourth-order valence-electron chi connectivity index (χ4n) is 2.30. The molecule has 152 valence electrons. The normalized spacial score (nSPS) is 10.9. The van der Waals surface area contributed by atoms with Gasteiger partial charge in [0.2, 0.25) is 11.1 Å². The zero-order chi connectivity index (χ0) is 20.6. The van der Waals surface area contributed by atoms with Gasteiger partial charge in [0.05, 0.1) is 17.2 Å². The molecule has 0 aliphatic carbocycles. The van der Waals surface area contributed by atoms with E-state index in [1.165, 1.54) is 23.1 Å². The standard InChI is InChI=1S/C18H21N7O2S2/c1-24(2)9-10-25-18(21-22-23-25)29-12-16(26)19-13-5-7-14(8-6-13)20-17(27)15-4-3-11-28-15/h3-8,11H,9-10,12H2,1-2H3,(H,19,26)(H,20,27). The van der Waals surface area contributed by atoms with E-state index in [-0.39, 0.29) is 17.6 Å². The van der Waals surface area contributed by atoms with Crippen molar-refractivity contribution in [3.8, 4) is 0 Å². The third-order valence-corrected chi connectivity index (χ3v) is 5.59. The van der Waals surface area contributed by atoms with E-state index in [0.717, 1.165) is 6.54 Å². The van der Waals surface area contributed by atoms with Crippen LogP contribution in [0.1, 0.15) is 9.67 Å². The summed E-state index contributed by atoms with van der Waals surface area (Å²) in [5, 5.41) is 19.7. The number of likely N-dealkylation sites (N-methyl/N-ethyl adjacent to an activating group) is 1. The van der Waals surface area contributed by atoms with Crippen LogP contribution in [0.4, 0.5) is 11.4 Å². The summed E-state index contributed by atoms with van der Waals surface area (Å²) in [5.74, 6) is -0.119. The minimum atomic E-state index is -0.160. The highest BCUT2D eigenvalue weighted by molar-refractivity contribution is 7.99. The highest BCUT2D eigenvalue weighted by atomic mass is 32.2. The monoisotopic (exact) mass is 431 g/mol. The first-order valence-electron chi connectivity index (χ1n) is 8.80. The molecule has 0 aliphatic rings. The second-order valence-electron chi connectivity index (χ2n) is 6.33. The van der Waals surface area contributed by atoms with E-state index in [0.29, 0.717) is 28.0 Å². The number of nitrogens with zero attached hydrogens (tertiary/aromatic N) is 5. The van der Waals surface area contributed by atoms with Crippen LogP contribution in [0.2, 0.25) is 0 Å². The number of hydrogen-bond donors (Lipinski definition) is 2. The number of benzene rings is 1. The molecule has 0 unspecified atom stereocenters. The van der Waals surface area contributed by atoms with Crippen molar-refractivity contribution in [3.05, 3.63) is 46.7 Å². The summed E-state index contributed by atoms with van der Waals surface area (Å²) in [6, 6.07) is 10.6. The Hall–Kier alpha value is -2.76. The van der Waals surface area contributed by atoms with Crippen molar-refractivity contribution in [1.82, 2.24) is 25.1 Å². The number of carbonyl (C=O) groups is 2. The maximum Gasteiger partial charge on any atom is 0.265 e.